The van der Waals surface area contributed by atoms with Crippen LogP contribution in [0.3, 0.4) is 0 Å². The quantitative estimate of drug-likeness (QED) is 0.754. The number of aryl methyl sites for hydroxylation is 1. The van der Waals surface area contributed by atoms with Crippen LogP contribution < -0.4 is 10.9 Å². The summed E-state index contributed by atoms with van der Waals surface area (Å²) in [6.07, 6.45) is 4.56. The van der Waals surface area contributed by atoms with E-state index in [0.717, 1.165) is 25.7 Å². The number of hydrogen-bond donors (Lipinski definition) is 2. The predicted octanol–water partition coefficient (Wildman–Crippen LogP) is 3.00. The van der Waals surface area contributed by atoms with Gasteiger partial charge in [0.2, 0.25) is 0 Å². The summed E-state index contributed by atoms with van der Waals surface area (Å²) in [5, 5.41) is 1.85. The minimum Gasteiger partial charge on any atom is -0.326 e. The molecule has 3 heterocycles. The zero-order chi connectivity index (χ0) is 19.7. The van der Waals surface area contributed by atoms with Crippen molar-refractivity contribution in [2.24, 2.45) is 5.92 Å². The largest absolute Gasteiger partial charge is 0.326 e. The van der Waals surface area contributed by atoms with Crippen LogP contribution in [0, 0.1) is 5.92 Å². The molecule has 1 unspecified atom stereocenters. The molecule has 1 aliphatic heterocycles. The summed E-state index contributed by atoms with van der Waals surface area (Å²) in [5.41, 5.74) is 6.30. The summed E-state index contributed by atoms with van der Waals surface area (Å²) in [6.45, 7) is 2.78. The fourth-order valence-electron chi connectivity index (χ4n) is 3.91. The van der Waals surface area contributed by atoms with Crippen molar-refractivity contribution in [3.63, 3.8) is 0 Å². The zero-order valence-electron chi connectivity index (χ0n) is 15.7. The summed E-state index contributed by atoms with van der Waals surface area (Å²) in [6, 6.07) is 4.98. The Morgan fingerprint density at radius 1 is 1.18 bits per heavy atom. The summed E-state index contributed by atoms with van der Waals surface area (Å²) >= 11 is 2.88. The fraction of sp³-hybridized carbons (Fsp3) is 0.450. The lowest BCUT2D eigenvalue weighted by Crippen LogP contribution is -2.51. The van der Waals surface area contributed by atoms with E-state index in [0.29, 0.717) is 28.6 Å². The second-order valence-corrected chi connectivity index (χ2v) is 9.57. The van der Waals surface area contributed by atoms with Crippen LogP contribution in [0.5, 0.6) is 0 Å². The molecule has 2 atom stereocenters. The molecule has 28 heavy (non-hydrogen) atoms. The van der Waals surface area contributed by atoms with Crippen molar-refractivity contribution in [3.8, 4) is 0 Å². The topological polar surface area (TPSA) is 78.5 Å². The van der Waals surface area contributed by atoms with Gasteiger partial charge in [-0.15, -0.1) is 22.7 Å². The van der Waals surface area contributed by atoms with Gasteiger partial charge < -0.3 is 4.90 Å². The van der Waals surface area contributed by atoms with E-state index in [1.807, 2.05) is 17.5 Å². The molecule has 0 aromatic carbocycles. The number of carbonyl (C=O) groups excluding carboxylic acids is 3. The first-order chi connectivity index (χ1) is 13.5. The summed E-state index contributed by atoms with van der Waals surface area (Å²) in [5.74, 6) is -0.119. The predicted molar refractivity (Wildman–Crippen MR) is 109 cm³/mol. The Bertz CT molecular complexity index is 891. The van der Waals surface area contributed by atoms with E-state index < -0.39 is 6.04 Å². The second-order valence-electron chi connectivity index (χ2n) is 7.48. The fourth-order valence-corrected chi connectivity index (χ4v) is 5.69. The highest BCUT2D eigenvalue weighted by atomic mass is 32.1. The van der Waals surface area contributed by atoms with Gasteiger partial charge in [-0.05, 0) is 61.1 Å². The molecule has 148 valence electrons. The third-order valence-corrected chi connectivity index (χ3v) is 7.49. The Morgan fingerprint density at radius 2 is 2.04 bits per heavy atom. The summed E-state index contributed by atoms with van der Waals surface area (Å²) < 4.78 is 0. The number of rotatable bonds is 3. The highest BCUT2D eigenvalue weighted by Gasteiger charge is 2.35. The van der Waals surface area contributed by atoms with Gasteiger partial charge in [0.1, 0.15) is 6.04 Å². The van der Waals surface area contributed by atoms with Crippen molar-refractivity contribution in [1.29, 1.82) is 0 Å². The molecule has 2 N–H and O–H groups in total. The van der Waals surface area contributed by atoms with Gasteiger partial charge >= 0.3 is 0 Å². The van der Waals surface area contributed by atoms with Crippen molar-refractivity contribution in [3.05, 3.63) is 43.8 Å². The molecule has 3 amide bonds. The Hall–Kier alpha value is -2.19. The minimum atomic E-state index is -0.549. The summed E-state index contributed by atoms with van der Waals surface area (Å²) in [7, 11) is 0. The number of hydrogen-bond acceptors (Lipinski definition) is 5. The van der Waals surface area contributed by atoms with Gasteiger partial charge in [0, 0.05) is 11.4 Å². The standard InChI is InChI=1S/C20H23N3O3S2/c1-12-6-7-15-13(10-12)11-17(28-15)19(25)22-21-18(24)14-4-2-8-23(14)20(26)16-5-3-9-27-16/h3,5,9,11-12,14H,2,4,6-8,10H2,1H3,(H,21,24)(H,22,25)/t12?,14-/m0/s1. The van der Waals surface area contributed by atoms with E-state index in [1.165, 1.54) is 33.1 Å². The van der Waals surface area contributed by atoms with Gasteiger partial charge in [-0.2, -0.15) is 0 Å². The molecule has 0 saturated carbocycles. The van der Waals surface area contributed by atoms with Crippen LogP contribution in [0.4, 0.5) is 0 Å². The molecule has 1 aliphatic carbocycles. The lowest BCUT2D eigenvalue weighted by Gasteiger charge is -2.23. The monoisotopic (exact) mass is 417 g/mol. The van der Waals surface area contributed by atoms with Gasteiger partial charge in [-0.3, -0.25) is 25.2 Å². The minimum absolute atomic E-state index is 0.126. The number of carbonyl (C=O) groups is 3. The highest BCUT2D eigenvalue weighted by Crippen LogP contribution is 2.32. The van der Waals surface area contributed by atoms with Gasteiger partial charge in [-0.1, -0.05) is 13.0 Å². The van der Waals surface area contributed by atoms with Crippen LogP contribution >= 0.6 is 22.7 Å². The lowest BCUT2D eigenvalue weighted by atomic mass is 9.90. The first-order valence-electron chi connectivity index (χ1n) is 9.59. The molecule has 6 nitrogen and oxygen atoms in total. The van der Waals surface area contributed by atoms with E-state index >= 15 is 0 Å². The Morgan fingerprint density at radius 3 is 2.82 bits per heavy atom. The molecule has 1 fully saturated rings. The van der Waals surface area contributed by atoms with Crippen molar-refractivity contribution < 1.29 is 14.4 Å². The van der Waals surface area contributed by atoms with Crippen molar-refractivity contribution in [2.75, 3.05) is 6.54 Å². The molecular formula is C20H23N3O3S2. The molecule has 2 aromatic heterocycles. The average molecular weight is 418 g/mol. The van der Waals surface area contributed by atoms with Gasteiger partial charge in [-0.25, -0.2) is 0 Å². The first-order valence-corrected chi connectivity index (χ1v) is 11.3. The van der Waals surface area contributed by atoms with Crippen LogP contribution in [0.2, 0.25) is 0 Å². The number of nitrogens with one attached hydrogen (secondary N) is 2. The number of likely N-dealkylation sites (tertiary alicyclic amines) is 1. The summed E-state index contributed by atoms with van der Waals surface area (Å²) in [4.78, 5) is 41.8. The molecule has 8 heteroatoms. The maximum absolute atomic E-state index is 12.6. The molecule has 4 rings (SSSR count). The maximum atomic E-state index is 12.6. The zero-order valence-corrected chi connectivity index (χ0v) is 17.3. The van der Waals surface area contributed by atoms with Gasteiger partial charge in [0.25, 0.3) is 17.7 Å². The molecule has 2 aliphatic rings. The van der Waals surface area contributed by atoms with E-state index in [9.17, 15) is 14.4 Å². The van der Waals surface area contributed by atoms with Crippen LogP contribution in [-0.2, 0) is 17.6 Å². The highest BCUT2D eigenvalue weighted by molar-refractivity contribution is 7.14. The van der Waals surface area contributed by atoms with Crippen LogP contribution in [0.25, 0.3) is 0 Å². The van der Waals surface area contributed by atoms with E-state index in [4.69, 9.17) is 0 Å². The SMILES string of the molecule is CC1CCc2sc(C(=O)NNC(=O)[C@@H]3CCCN3C(=O)c3cccs3)cc2C1. The third-order valence-electron chi connectivity index (χ3n) is 5.40. The molecule has 2 aromatic rings. The number of nitrogens with zero attached hydrogens (tertiary/aromatic N) is 1. The maximum Gasteiger partial charge on any atom is 0.279 e. The molecule has 0 radical (unpaired) electrons. The third kappa shape index (κ3) is 3.84. The number of hydrazine groups is 1. The van der Waals surface area contributed by atoms with Crippen LogP contribution in [-0.4, -0.2) is 35.2 Å². The Kier molecular flexibility index (Phi) is 5.50. The smallest absolute Gasteiger partial charge is 0.279 e. The lowest BCUT2D eigenvalue weighted by molar-refractivity contribution is -0.125. The van der Waals surface area contributed by atoms with E-state index in [-0.39, 0.29) is 17.7 Å². The van der Waals surface area contributed by atoms with Crippen molar-refractivity contribution >= 4 is 40.4 Å². The second kappa shape index (κ2) is 8.05. The Labute approximate surface area is 171 Å². The van der Waals surface area contributed by atoms with Crippen LogP contribution in [0.15, 0.2) is 23.6 Å². The normalized spacial score (nSPS) is 21.2. The van der Waals surface area contributed by atoms with E-state index in [2.05, 4.69) is 17.8 Å². The Balaban J connectivity index is 1.36. The first kappa shape index (κ1) is 19.1. The molecule has 0 bridgehead atoms. The number of fused-ring (bicyclic) bond motifs is 1. The number of thiophene rings is 2. The van der Waals surface area contributed by atoms with Crippen molar-refractivity contribution in [1.82, 2.24) is 15.8 Å². The average Bonchev–Trinajstić information content (AvgIpc) is 3.44. The van der Waals surface area contributed by atoms with Crippen molar-refractivity contribution in [2.45, 2.75) is 45.1 Å². The van der Waals surface area contributed by atoms with Gasteiger partial charge in [0.15, 0.2) is 0 Å². The van der Waals surface area contributed by atoms with Gasteiger partial charge in [0.05, 0.1) is 9.75 Å². The van der Waals surface area contributed by atoms with Crippen LogP contribution in [0.1, 0.15) is 56.0 Å². The number of amides is 3. The molecular weight excluding hydrogens is 394 g/mol. The molecule has 0 spiro atoms. The van der Waals surface area contributed by atoms with E-state index in [1.54, 1.807) is 11.0 Å². The molecule has 1 saturated heterocycles.